The Labute approximate surface area is 177 Å². The molecule has 8 heteroatoms. The van der Waals surface area contributed by atoms with Gasteiger partial charge in [-0.2, -0.15) is 0 Å². The van der Waals surface area contributed by atoms with Crippen molar-refractivity contribution < 1.29 is 5.11 Å². The number of halogens is 3. The van der Waals surface area contributed by atoms with Crippen LogP contribution in [0.15, 0.2) is 45.9 Å². The zero-order valence-corrected chi connectivity index (χ0v) is 17.6. The number of thiazole rings is 1. The second-order valence-electron chi connectivity index (χ2n) is 5.51. The molecule has 3 aromatic rings. The number of benzene rings is 2. The number of aromatic nitrogens is 1. The highest BCUT2D eigenvalue weighted by molar-refractivity contribution is 9.10. The van der Waals surface area contributed by atoms with Gasteiger partial charge in [-0.05, 0) is 54.7 Å². The lowest BCUT2D eigenvalue weighted by Crippen LogP contribution is -1.93. The second-order valence-corrected chi connectivity index (χ2v) is 8.91. The number of hydrogen-bond donors (Lipinski definition) is 1. The van der Waals surface area contributed by atoms with Crippen LogP contribution < -0.4 is 0 Å². The molecule has 3 nitrogen and oxygen atoms in total. The first kappa shape index (κ1) is 17.9. The Morgan fingerprint density at radius 2 is 1.96 bits per heavy atom. The van der Waals surface area contributed by atoms with Gasteiger partial charge in [0.2, 0.25) is 5.88 Å². The van der Waals surface area contributed by atoms with E-state index in [1.807, 2.05) is 24.3 Å². The largest absolute Gasteiger partial charge is 0.493 e. The normalized spacial score (nSPS) is 14.2. The third-order valence-electron chi connectivity index (χ3n) is 3.87. The van der Waals surface area contributed by atoms with E-state index in [9.17, 15) is 5.11 Å². The zero-order chi connectivity index (χ0) is 18.4. The van der Waals surface area contributed by atoms with E-state index in [4.69, 9.17) is 35.4 Å². The number of rotatable bonds is 2. The molecular formula is C18H9BrCl2N2OS2. The van der Waals surface area contributed by atoms with Crippen LogP contribution in [-0.2, 0) is 0 Å². The molecule has 4 rings (SSSR count). The highest BCUT2D eigenvalue weighted by Crippen LogP contribution is 2.38. The Hall–Kier alpha value is -1.44. The van der Waals surface area contributed by atoms with Gasteiger partial charge >= 0.3 is 0 Å². The molecule has 0 saturated carbocycles. The summed E-state index contributed by atoms with van der Waals surface area (Å²) in [7, 11) is 0. The molecule has 26 heavy (non-hydrogen) atoms. The Morgan fingerprint density at radius 3 is 2.73 bits per heavy atom. The van der Waals surface area contributed by atoms with Crippen LogP contribution in [0.2, 0.25) is 10.0 Å². The van der Waals surface area contributed by atoms with Crippen molar-refractivity contribution in [3.05, 3.63) is 65.3 Å². The van der Waals surface area contributed by atoms with Gasteiger partial charge in [0.1, 0.15) is 0 Å². The topological polar surface area (TPSA) is 37.5 Å². The molecule has 2 heterocycles. The van der Waals surface area contributed by atoms with E-state index in [1.54, 1.807) is 29.0 Å². The summed E-state index contributed by atoms with van der Waals surface area (Å²) in [6.45, 7) is 0. The molecule has 1 aliphatic heterocycles. The lowest BCUT2D eigenvalue weighted by Gasteiger charge is -2.06. The summed E-state index contributed by atoms with van der Waals surface area (Å²) in [5.74, 6) is 0.0581. The summed E-state index contributed by atoms with van der Waals surface area (Å²) in [6.07, 6.45) is 3.66. The Bertz CT molecular complexity index is 1160. The maximum Gasteiger partial charge on any atom is 0.215 e. The summed E-state index contributed by atoms with van der Waals surface area (Å²) < 4.78 is 3.05. The molecule has 0 saturated heterocycles. The Kier molecular flexibility index (Phi) is 4.79. The lowest BCUT2D eigenvalue weighted by molar-refractivity contribution is 0.441. The fourth-order valence-electron chi connectivity index (χ4n) is 2.64. The van der Waals surface area contributed by atoms with Crippen molar-refractivity contribution >= 4 is 86.2 Å². The highest BCUT2D eigenvalue weighted by Gasteiger charge is 2.17. The average Bonchev–Trinajstić information content (AvgIpc) is 3.11. The van der Waals surface area contributed by atoms with Crippen LogP contribution in [0.5, 0.6) is 5.88 Å². The first-order valence-electron chi connectivity index (χ1n) is 7.40. The second kappa shape index (κ2) is 6.94. The summed E-state index contributed by atoms with van der Waals surface area (Å²) >= 11 is 22.3. The molecule has 130 valence electrons. The number of allylic oxidation sites excluding steroid dienone is 1. The van der Waals surface area contributed by atoms with E-state index >= 15 is 0 Å². The van der Waals surface area contributed by atoms with Crippen molar-refractivity contribution in [3.63, 3.8) is 0 Å². The summed E-state index contributed by atoms with van der Waals surface area (Å²) in [5, 5.41) is 11.6. The molecule has 0 fully saturated rings. The minimum absolute atomic E-state index is 0.0581. The number of aliphatic imine (C=N–C) groups is 1. The number of nitrogens with zero attached hydrogens (tertiary/aromatic N) is 2. The molecule has 1 N–H and O–H groups in total. The standard InChI is InChI=1S/C18H9BrCl2N2OS2/c19-10-1-4-15-12(6-10)9(8-22-15)5-16-17(24)23(18(25)26-16)11-2-3-13(20)14(21)7-11/h1-8,24H. The van der Waals surface area contributed by atoms with Gasteiger partial charge in [-0.3, -0.25) is 9.56 Å². The van der Waals surface area contributed by atoms with Crippen molar-refractivity contribution in [1.29, 1.82) is 0 Å². The maximum atomic E-state index is 10.7. The summed E-state index contributed by atoms with van der Waals surface area (Å²) in [6, 6.07) is 11.0. The molecule has 0 spiro atoms. The molecule has 1 aliphatic rings. The molecule has 1 aromatic heterocycles. The predicted octanol–water partition coefficient (Wildman–Crippen LogP) is 7.30. The van der Waals surface area contributed by atoms with E-state index in [2.05, 4.69) is 20.9 Å². The zero-order valence-electron chi connectivity index (χ0n) is 12.9. The van der Waals surface area contributed by atoms with Gasteiger partial charge in [0.05, 0.1) is 26.3 Å². The highest BCUT2D eigenvalue weighted by atomic mass is 79.9. The SMILES string of the molecule is Oc1c(C=C2C=Nc3ccc(Br)cc32)sc(=S)n1-c1ccc(Cl)c(Cl)c1. The first-order chi connectivity index (χ1) is 12.4. The minimum atomic E-state index is 0.0581. The molecular weight excluding hydrogens is 475 g/mol. The van der Waals surface area contributed by atoms with Gasteiger partial charge in [-0.25, -0.2) is 0 Å². The molecule has 0 aliphatic carbocycles. The third kappa shape index (κ3) is 3.17. The van der Waals surface area contributed by atoms with Gasteiger partial charge in [0.25, 0.3) is 0 Å². The smallest absolute Gasteiger partial charge is 0.215 e. The van der Waals surface area contributed by atoms with Crippen molar-refractivity contribution in [2.75, 3.05) is 0 Å². The maximum absolute atomic E-state index is 10.7. The monoisotopic (exact) mass is 482 g/mol. The van der Waals surface area contributed by atoms with Crippen LogP contribution in [0.1, 0.15) is 10.4 Å². The summed E-state index contributed by atoms with van der Waals surface area (Å²) in [5.41, 5.74) is 3.46. The van der Waals surface area contributed by atoms with Crippen molar-refractivity contribution in [2.24, 2.45) is 4.99 Å². The van der Waals surface area contributed by atoms with Gasteiger partial charge in [-0.1, -0.05) is 39.1 Å². The predicted molar refractivity (Wildman–Crippen MR) is 116 cm³/mol. The quantitative estimate of drug-likeness (QED) is 0.388. The van der Waals surface area contributed by atoms with Gasteiger partial charge < -0.3 is 5.11 Å². The van der Waals surface area contributed by atoms with Crippen molar-refractivity contribution in [1.82, 2.24) is 4.57 Å². The van der Waals surface area contributed by atoms with E-state index in [-0.39, 0.29) is 5.88 Å². The van der Waals surface area contributed by atoms with Gasteiger partial charge in [0.15, 0.2) is 3.95 Å². The molecule has 0 unspecified atom stereocenters. The average molecular weight is 484 g/mol. The first-order valence-corrected chi connectivity index (χ1v) is 10.2. The van der Waals surface area contributed by atoms with Crippen LogP contribution in [0, 0.1) is 3.95 Å². The Balaban J connectivity index is 1.82. The third-order valence-corrected chi connectivity index (χ3v) is 6.41. The molecule has 0 bridgehead atoms. The number of fused-ring (bicyclic) bond motifs is 1. The molecule has 0 amide bonds. The number of aromatic hydroxyl groups is 1. The van der Waals surface area contributed by atoms with E-state index in [1.165, 1.54) is 11.3 Å². The molecule has 0 radical (unpaired) electrons. The fraction of sp³-hybridized carbons (Fsp3) is 0. The Morgan fingerprint density at radius 1 is 1.15 bits per heavy atom. The van der Waals surface area contributed by atoms with E-state index in [0.29, 0.717) is 24.6 Å². The van der Waals surface area contributed by atoms with Crippen LogP contribution in [0.3, 0.4) is 0 Å². The minimum Gasteiger partial charge on any atom is -0.493 e. The van der Waals surface area contributed by atoms with Gasteiger partial charge in [-0.15, -0.1) is 11.3 Å². The number of hydrogen-bond acceptors (Lipinski definition) is 4. The lowest BCUT2D eigenvalue weighted by atomic mass is 10.1. The fourth-order valence-corrected chi connectivity index (χ4v) is 4.60. The van der Waals surface area contributed by atoms with Crippen LogP contribution in [0.4, 0.5) is 5.69 Å². The van der Waals surface area contributed by atoms with Crippen LogP contribution in [-0.4, -0.2) is 15.9 Å². The van der Waals surface area contributed by atoms with E-state index < -0.39 is 0 Å². The molecule has 2 aromatic carbocycles. The van der Waals surface area contributed by atoms with Crippen molar-refractivity contribution in [2.45, 2.75) is 0 Å². The van der Waals surface area contributed by atoms with Crippen LogP contribution in [0.25, 0.3) is 17.3 Å². The van der Waals surface area contributed by atoms with Crippen molar-refractivity contribution in [3.8, 4) is 11.6 Å². The van der Waals surface area contributed by atoms with E-state index in [0.717, 1.165) is 21.3 Å². The molecule has 0 atom stereocenters. The van der Waals surface area contributed by atoms with Gasteiger partial charge in [0, 0.05) is 21.8 Å². The summed E-state index contributed by atoms with van der Waals surface area (Å²) in [4.78, 5) is 5.05. The van der Waals surface area contributed by atoms with Crippen LogP contribution >= 0.6 is 62.7 Å².